The maximum absolute atomic E-state index is 8.68. The summed E-state index contributed by atoms with van der Waals surface area (Å²) in [6.45, 7) is 2.80. The van der Waals surface area contributed by atoms with Gasteiger partial charge in [-0.05, 0) is 26.8 Å². The second-order valence-electron chi connectivity index (χ2n) is 4.13. The van der Waals surface area contributed by atoms with Gasteiger partial charge in [0.05, 0.1) is 12.0 Å². The number of nitrogens with two attached hydrogens (primary N) is 1. The molecular formula is C10H19N3. The summed E-state index contributed by atoms with van der Waals surface area (Å²) in [6, 6.07) is 3.06. The average Bonchev–Trinajstić information content (AvgIpc) is 2.51. The number of rotatable bonds is 3. The van der Waals surface area contributed by atoms with Gasteiger partial charge in [-0.25, -0.2) is 0 Å². The number of hydrogen-bond donors (Lipinski definition) is 1. The second kappa shape index (κ2) is 4.59. The topological polar surface area (TPSA) is 53.0 Å². The highest BCUT2D eigenvalue weighted by Crippen LogP contribution is 2.22. The summed E-state index contributed by atoms with van der Waals surface area (Å²) < 4.78 is 0. The molecule has 1 aliphatic rings. The Balaban J connectivity index is 2.39. The Hall–Kier alpha value is -0.590. The van der Waals surface area contributed by atoms with Crippen molar-refractivity contribution in [2.45, 2.75) is 38.3 Å². The number of likely N-dealkylation sites (N-methyl/N-ethyl adjacent to an activating group) is 1. The van der Waals surface area contributed by atoms with Gasteiger partial charge in [0.1, 0.15) is 0 Å². The van der Waals surface area contributed by atoms with E-state index < -0.39 is 0 Å². The van der Waals surface area contributed by atoms with Crippen LogP contribution in [-0.4, -0.2) is 30.6 Å². The number of nitrogens with zero attached hydrogens (tertiary/aromatic N) is 2. The lowest BCUT2D eigenvalue weighted by atomic mass is 10.1. The molecule has 1 fully saturated rings. The lowest BCUT2D eigenvalue weighted by Crippen LogP contribution is -2.43. The predicted molar refractivity (Wildman–Crippen MR) is 53.0 cm³/mol. The van der Waals surface area contributed by atoms with Gasteiger partial charge < -0.3 is 10.6 Å². The van der Waals surface area contributed by atoms with E-state index in [1.54, 1.807) is 0 Å². The highest BCUT2D eigenvalue weighted by atomic mass is 15.1. The molecule has 0 radical (unpaired) electrons. The van der Waals surface area contributed by atoms with Crippen LogP contribution in [0.15, 0.2) is 0 Å². The fourth-order valence-corrected chi connectivity index (χ4v) is 2.12. The van der Waals surface area contributed by atoms with Crippen LogP contribution in [0.5, 0.6) is 0 Å². The van der Waals surface area contributed by atoms with E-state index in [2.05, 4.69) is 18.0 Å². The van der Waals surface area contributed by atoms with Gasteiger partial charge in [0.25, 0.3) is 0 Å². The zero-order valence-corrected chi connectivity index (χ0v) is 8.53. The molecule has 2 N–H and O–H groups in total. The van der Waals surface area contributed by atoms with Gasteiger partial charge in [-0.1, -0.05) is 6.42 Å². The van der Waals surface area contributed by atoms with E-state index in [4.69, 9.17) is 11.0 Å². The van der Waals surface area contributed by atoms with Crippen LogP contribution >= 0.6 is 0 Å². The Morgan fingerprint density at radius 2 is 2.31 bits per heavy atom. The lowest BCUT2D eigenvalue weighted by molar-refractivity contribution is 0.214. The van der Waals surface area contributed by atoms with E-state index in [1.807, 2.05) is 6.92 Å². The van der Waals surface area contributed by atoms with E-state index >= 15 is 0 Å². The molecule has 0 heterocycles. The van der Waals surface area contributed by atoms with Gasteiger partial charge in [-0.3, -0.25) is 0 Å². The van der Waals surface area contributed by atoms with Gasteiger partial charge >= 0.3 is 0 Å². The predicted octanol–water partition coefficient (Wildman–Crippen LogP) is 0.958. The summed E-state index contributed by atoms with van der Waals surface area (Å²) in [5, 5.41) is 8.68. The van der Waals surface area contributed by atoms with Crippen molar-refractivity contribution < 1.29 is 0 Å². The van der Waals surface area contributed by atoms with E-state index in [9.17, 15) is 0 Å². The van der Waals surface area contributed by atoms with Crippen molar-refractivity contribution in [2.75, 3.05) is 13.6 Å². The summed E-state index contributed by atoms with van der Waals surface area (Å²) in [7, 11) is 2.07. The zero-order valence-electron chi connectivity index (χ0n) is 8.53. The van der Waals surface area contributed by atoms with Crippen molar-refractivity contribution in [3.05, 3.63) is 0 Å². The SMILES string of the molecule is CC(C#N)CN(C)C1CCCC1N. The molecule has 0 aliphatic heterocycles. The van der Waals surface area contributed by atoms with Crippen molar-refractivity contribution in [3.63, 3.8) is 0 Å². The van der Waals surface area contributed by atoms with E-state index in [-0.39, 0.29) is 5.92 Å². The van der Waals surface area contributed by atoms with Gasteiger partial charge in [0.15, 0.2) is 0 Å². The quantitative estimate of drug-likeness (QED) is 0.705. The van der Waals surface area contributed by atoms with Crippen molar-refractivity contribution in [2.24, 2.45) is 11.7 Å². The molecule has 0 aromatic carbocycles. The molecule has 1 aliphatic carbocycles. The second-order valence-corrected chi connectivity index (χ2v) is 4.13. The fourth-order valence-electron chi connectivity index (χ4n) is 2.12. The summed E-state index contributed by atoms with van der Waals surface area (Å²) in [5.74, 6) is 0.109. The molecule has 13 heavy (non-hydrogen) atoms. The van der Waals surface area contributed by atoms with E-state index in [1.165, 1.54) is 12.8 Å². The van der Waals surface area contributed by atoms with Gasteiger partial charge in [-0.15, -0.1) is 0 Å². The monoisotopic (exact) mass is 181 g/mol. The Morgan fingerprint density at radius 1 is 1.62 bits per heavy atom. The van der Waals surface area contributed by atoms with Crippen LogP contribution in [0.25, 0.3) is 0 Å². The van der Waals surface area contributed by atoms with Crippen molar-refractivity contribution in [1.82, 2.24) is 4.90 Å². The molecule has 0 spiro atoms. The van der Waals surface area contributed by atoms with Crippen LogP contribution in [0, 0.1) is 17.2 Å². The molecule has 3 heteroatoms. The minimum atomic E-state index is 0.109. The Labute approximate surface area is 80.5 Å². The van der Waals surface area contributed by atoms with Crippen molar-refractivity contribution in [3.8, 4) is 6.07 Å². The highest BCUT2D eigenvalue weighted by molar-refractivity contribution is 4.89. The molecule has 1 rings (SSSR count). The molecule has 0 saturated heterocycles. The lowest BCUT2D eigenvalue weighted by Gasteiger charge is -2.28. The summed E-state index contributed by atoms with van der Waals surface area (Å²) >= 11 is 0. The Morgan fingerprint density at radius 3 is 2.77 bits per heavy atom. The van der Waals surface area contributed by atoms with Crippen LogP contribution in [-0.2, 0) is 0 Å². The molecule has 3 unspecified atom stereocenters. The van der Waals surface area contributed by atoms with Gasteiger partial charge in [-0.2, -0.15) is 5.26 Å². The minimum absolute atomic E-state index is 0.109. The number of nitriles is 1. The maximum Gasteiger partial charge on any atom is 0.0666 e. The van der Waals surface area contributed by atoms with Gasteiger partial charge in [0, 0.05) is 18.6 Å². The standard InChI is InChI=1S/C10H19N3/c1-8(6-11)7-13(2)10-5-3-4-9(10)12/h8-10H,3-5,7,12H2,1-2H3. The fraction of sp³-hybridized carbons (Fsp3) is 0.900. The third-order valence-corrected chi connectivity index (χ3v) is 2.88. The van der Waals surface area contributed by atoms with Crippen LogP contribution in [0.1, 0.15) is 26.2 Å². The average molecular weight is 181 g/mol. The normalized spacial score (nSPS) is 30.4. The molecular weight excluding hydrogens is 162 g/mol. The maximum atomic E-state index is 8.68. The van der Waals surface area contributed by atoms with Gasteiger partial charge in [0.2, 0.25) is 0 Å². The smallest absolute Gasteiger partial charge is 0.0666 e. The molecule has 0 amide bonds. The minimum Gasteiger partial charge on any atom is -0.326 e. The third kappa shape index (κ3) is 2.68. The molecule has 0 aromatic heterocycles. The molecule has 74 valence electrons. The van der Waals surface area contributed by atoms with E-state index in [0.717, 1.165) is 13.0 Å². The molecule has 3 nitrogen and oxygen atoms in total. The largest absolute Gasteiger partial charge is 0.326 e. The molecule has 3 atom stereocenters. The third-order valence-electron chi connectivity index (χ3n) is 2.88. The first-order chi connectivity index (χ1) is 6.15. The van der Waals surface area contributed by atoms with Crippen LogP contribution < -0.4 is 5.73 Å². The summed E-state index contributed by atoms with van der Waals surface area (Å²) in [5.41, 5.74) is 5.97. The summed E-state index contributed by atoms with van der Waals surface area (Å²) in [6.07, 6.45) is 3.56. The van der Waals surface area contributed by atoms with E-state index in [0.29, 0.717) is 12.1 Å². The first-order valence-corrected chi connectivity index (χ1v) is 5.00. The Bertz CT molecular complexity index is 197. The molecule has 0 aromatic rings. The van der Waals surface area contributed by atoms with Crippen LogP contribution in [0.3, 0.4) is 0 Å². The van der Waals surface area contributed by atoms with Crippen molar-refractivity contribution >= 4 is 0 Å². The molecule has 1 saturated carbocycles. The van der Waals surface area contributed by atoms with Crippen molar-refractivity contribution in [1.29, 1.82) is 5.26 Å². The van der Waals surface area contributed by atoms with Crippen LogP contribution in [0.2, 0.25) is 0 Å². The van der Waals surface area contributed by atoms with Crippen LogP contribution in [0.4, 0.5) is 0 Å². The zero-order chi connectivity index (χ0) is 9.84. The molecule has 0 bridgehead atoms. The Kier molecular flexibility index (Phi) is 3.71. The first-order valence-electron chi connectivity index (χ1n) is 5.00. The first kappa shape index (κ1) is 10.5. The summed E-state index contributed by atoms with van der Waals surface area (Å²) in [4.78, 5) is 2.24. The number of hydrogen-bond acceptors (Lipinski definition) is 3. The highest BCUT2D eigenvalue weighted by Gasteiger charge is 2.27.